The van der Waals surface area contributed by atoms with Gasteiger partial charge in [0, 0.05) is 26.9 Å². The van der Waals surface area contributed by atoms with E-state index in [0.717, 1.165) is 32.5 Å². The first kappa shape index (κ1) is 11.9. The van der Waals surface area contributed by atoms with E-state index in [2.05, 4.69) is 12.2 Å². The van der Waals surface area contributed by atoms with Crippen LogP contribution in [0.1, 0.15) is 19.8 Å². The topological polar surface area (TPSA) is 41.5 Å². The minimum Gasteiger partial charge on any atom is -0.396 e. The Morgan fingerprint density at radius 3 is 2.75 bits per heavy atom. The third kappa shape index (κ3) is 6.58. The normalized spacial score (nSPS) is 13.2. The lowest BCUT2D eigenvalue weighted by Crippen LogP contribution is -2.26. The molecule has 74 valence electrons. The van der Waals surface area contributed by atoms with Crippen molar-refractivity contribution in [2.24, 2.45) is 5.92 Å². The molecule has 1 atom stereocenters. The van der Waals surface area contributed by atoms with E-state index in [1.54, 1.807) is 7.11 Å². The van der Waals surface area contributed by atoms with Gasteiger partial charge < -0.3 is 15.2 Å². The maximum absolute atomic E-state index is 8.86. The molecule has 0 spiro atoms. The molecule has 3 nitrogen and oxygen atoms in total. The molecule has 0 fully saturated rings. The maximum Gasteiger partial charge on any atom is 0.0474 e. The molecule has 12 heavy (non-hydrogen) atoms. The minimum atomic E-state index is 0.285. The van der Waals surface area contributed by atoms with E-state index in [-0.39, 0.29) is 6.61 Å². The number of hydrogen-bond donors (Lipinski definition) is 2. The summed E-state index contributed by atoms with van der Waals surface area (Å²) in [6.07, 6.45) is 2.08. The Kier molecular flexibility index (Phi) is 8.88. The van der Waals surface area contributed by atoms with E-state index in [1.807, 2.05) is 0 Å². The highest BCUT2D eigenvalue weighted by Crippen LogP contribution is 1.97. The van der Waals surface area contributed by atoms with Crippen LogP contribution in [0, 0.1) is 5.92 Å². The standard InChI is InChI=1S/C9H21NO2/c1-3-9(8-11)7-10-5-4-6-12-2/h9-11H,3-8H2,1-2H3. The van der Waals surface area contributed by atoms with E-state index in [0.29, 0.717) is 5.92 Å². The molecule has 1 unspecified atom stereocenters. The number of methoxy groups -OCH3 is 1. The lowest BCUT2D eigenvalue weighted by atomic mass is 10.1. The van der Waals surface area contributed by atoms with Crippen LogP contribution in [0.3, 0.4) is 0 Å². The summed E-state index contributed by atoms with van der Waals surface area (Å²) in [7, 11) is 1.71. The second kappa shape index (κ2) is 8.97. The molecule has 0 aromatic rings. The largest absolute Gasteiger partial charge is 0.396 e. The summed E-state index contributed by atoms with van der Waals surface area (Å²) >= 11 is 0. The van der Waals surface area contributed by atoms with Crippen LogP contribution in [-0.2, 0) is 4.74 Å². The van der Waals surface area contributed by atoms with Gasteiger partial charge in [-0.2, -0.15) is 0 Å². The van der Waals surface area contributed by atoms with E-state index in [9.17, 15) is 0 Å². The Morgan fingerprint density at radius 1 is 1.50 bits per heavy atom. The Labute approximate surface area is 75.1 Å². The summed E-state index contributed by atoms with van der Waals surface area (Å²) in [5.74, 6) is 0.410. The second-order valence-electron chi connectivity index (χ2n) is 3.01. The van der Waals surface area contributed by atoms with Crippen molar-refractivity contribution >= 4 is 0 Å². The molecule has 0 aliphatic carbocycles. The zero-order valence-electron chi connectivity index (χ0n) is 8.18. The molecule has 0 saturated carbocycles. The molecule has 0 amide bonds. The zero-order valence-corrected chi connectivity index (χ0v) is 8.18. The molecular weight excluding hydrogens is 154 g/mol. The van der Waals surface area contributed by atoms with Gasteiger partial charge in [-0.05, 0) is 25.3 Å². The van der Waals surface area contributed by atoms with Crippen LogP contribution in [-0.4, -0.2) is 38.5 Å². The third-order valence-electron chi connectivity index (χ3n) is 1.97. The summed E-state index contributed by atoms with van der Waals surface area (Å²) in [6.45, 7) is 5.08. The van der Waals surface area contributed by atoms with Gasteiger partial charge in [0.15, 0.2) is 0 Å². The smallest absolute Gasteiger partial charge is 0.0474 e. The van der Waals surface area contributed by atoms with Gasteiger partial charge in [0.05, 0.1) is 0 Å². The van der Waals surface area contributed by atoms with Crippen molar-refractivity contribution in [2.45, 2.75) is 19.8 Å². The van der Waals surface area contributed by atoms with Gasteiger partial charge in [0.2, 0.25) is 0 Å². The van der Waals surface area contributed by atoms with Crippen LogP contribution in [0.5, 0.6) is 0 Å². The molecule has 0 aromatic carbocycles. The molecule has 0 saturated heterocycles. The average molecular weight is 175 g/mol. The van der Waals surface area contributed by atoms with Crippen LogP contribution in [0.25, 0.3) is 0 Å². The highest BCUT2D eigenvalue weighted by atomic mass is 16.5. The molecule has 3 heteroatoms. The Morgan fingerprint density at radius 2 is 2.25 bits per heavy atom. The SMILES string of the molecule is CCC(CO)CNCCCOC. The summed E-state index contributed by atoms with van der Waals surface area (Å²) in [5.41, 5.74) is 0. The van der Waals surface area contributed by atoms with E-state index >= 15 is 0 Å². The van der Waals surface area contributed by atoms with Crippen molar-refractivity contribution in [3.63, 3.8) is 0 Å². The van der Waals surface area contributed by atoms with Gasteiger partial charge in [-0.3, -0.25) is 0 Å². The van der Waals surface area contributed by atoms with Crippen molar-refractivity contribution in [1.82, 2.24) is 5.32 Å². The fraction of sp³-hybridized carbons (Fsp3) is 1.00. The quantitative estimate of drug-likeness (QED) is 0.532. The molecule has 0 radical (unpaired) electrons. The van der Waals surface area contributed by atoms with Crippen LogP contribution in [0.2, 0.25) is 0 Å². The fourth-order valence-corrected chi connectivity index (χ4v) is 0.986. The van der Waals surface area contributed by atoms with Crippen LogP contribution in [0.15, 0.2) is 0 Å². The molecule has 0 rings (SSSR count). The maximum atomic E-state index is 8.86. The van der Waals surface area contributed by atoms with E-state index in [1.165, 1.54) is 0 Å². The molecular formula is C9H21NO2. The molecule has 0 aromatic heterocycles. The Bertz CT molecular complexity index is 84.6. The van der Waals surface area contributed by atoms with E-state index in [4.69, 9.17) is 9.84 Å². The van der Waals surface area contributed by atoms with Gasteiger partial charge in [0.1, 0.15) is 0 Å². The van der Waals surface area contributed by atoms with Crippen molar-refractivity contribution < 1.29 is 9.84 Å². The number of hydrogen-bond acceptors (Lipinski definition) is 3. The number of aliphatic hydroxyl groups is 1. The highest BCUT2D eigenvalue weighted by molar-refractivity contribution is 4.58. The Hall–Kier alpha value is -0.120. The van der Waals surface area contributed by atoms with Gasteiger partial charge in [0.25, 0.3) is 0 Å². The predicted molar refractivity (Wildman–Crippen MR) is 50.2 cm³/mol. The summed E-state index contributed by atoms with van der Waals surface area (Å²) in [6, 6.07) is 0. The lowest BCUT2D eigenvalue weighted by molar-refractivity contribution is 0.190. The van der Waals surface area contributed by atoms with Gasteiger partial charge in [-0.25, -0.2) is 0 Å². The van der Waals surface area contributed by atoms with Crippen molar-refractivity contribution in [3.05, 3.63) is 0 Å². The molecule has 0 aliphatic rings. The minimum absolute atomic E-state index is 0.285. The highest BCUT2D eigenvalue weighted by Gasteiger charge is 2.02. The first-order valence-corrected chi connectivity index (χ1v) is 4.65. The first-order chi connectivity index (χ1) is 5.85. The number of aliphatic hydroxyl groups excluding tert-OH is 1. The fourth-order valence-electron chi connectivity index (χ4n) is 0.986. The average Bonchev–Trinajstić information content (AvgIpc) is 2.11. The number of ether oxygens (including phenoxy) is 1. The van der Waals surface area contributed by atoms with Crippen LogP contribution in [0.4, 0.5) is 0 Å². The first-order valence-electron chi connectivity index (χ1n) is 4.65. The van der Waals surface area contributed by atoms with Gasteiger partial charge >= 0.3 is 0 Å². The summed E-state index contributed by atoms with van der Waals surface area (Å²) < 4.78 is 4.91. The lowest BCUT2D eigenvalue weighted by Gasteiger charge is -2.11. The zero-order chi connectivity index (χ0) is 9.23. The second-order valence-corrected chi connectivity index (χ2v) is 3.01. The molecule has 2 N–H and O–H groups in total. The molecule has 0 bridgehead atoms. The molecule has 0 aliphatic heterocycles. The van der Waals surface area contributed by atoms with Crippen molar-refractivity contribution in [3.8, 4) is 0 Å². The Balaban J connectivity index is 3.06. The summed E-state index contributed by atoms with van der Waals surface area (Å²) in [5, 5.41) is 12.1. The predicted octanol–water partition coefficient (Wildman–Crippen LogP) is 0.631. The van der Waals surface area contributed by atoms with Crippen LogP contribution < -0.4 is 5.32 Å². The monoisotopic (exact) mass is 175 g/mol. The van der Waals surface area contributed by atoms with E-state index < -0.39 is 0 Å². The molecule has 0 heterocycles. The van der Waals surface area contributed by atoms with Crippen LogP contribution >= 0.6 is 0 Å². The van der Waals surface area contributed by atoms with Crippen molar-refractivity contribution in [1.29, 1.82) is 0 Å². The summed E-state index contributed by atoms with van der Waals surface area (Å²) in [4.78, 5) is 0. The van der Waals surface area contributed by atoms with Gasteiger partial charge in [-0.15, -0.1) is 0 Å². The number of rotatable bonds is 8. The van der Waals surface area contributed by atoms with Crippen molar-refractivity contribution in [2.75, 3.05) is 33.4 Å². The number of nitrogens with one attached hydrogen (secondary N) is 1. The third-order valence-corrected chi connectivity index (χ3v) is 1.97. The van der Waals surface area contributed by atoms with Gasteiger partial charge in [-0.1, -0.05) is 6.92 Å².